The van der Waals surface area contributed by atoms with Gasteiger partial charge in [-0.15, -0.1) is 5.10 Å². The first-order valence-electron chi connectivity index (χ1n) is 9.77. The van der Waals surface area contributed by atoms with Gasteiger partial charge in [0.15, 0.2) is 6.29 Å². The smallest absolute Gasteiger partial charge is 0.217 e. The van der Waals surface area contributed by atoms with E-state index in [4.69, 9.17) is 14.2 Å². The van der Waals surface area contributed by atoms with E-state index in [0.717, 1.165) is 5.56 Å². The highest BCUT2D eigenvalue weighted by molar-refractivity contribution is 5.73. The highest BCUT2D eigenvalue weighted by Crippen LogP contribution is 2.25. The molecule has 1 aromatic carbocycles. The third-order valence-corrected chi connectivity index (χ3v) is 4.75. The average Bonchev–Trinajstić information content (AvgIpc) is 3.17. The molecule has 3 rings (SSSR count). The molecule has 10 heteroatoms. The van der Waals surface area contributed by atoms with Gasteiger partial charge in [0, 0.05) is 12.5 Å². The number of hydrogen-bond acceptors (Lipinski definition) is 8. The molecule has 5 atom stereocenters. The Morgan fingerprint density at radius 2 is 2.10 bits per heavy atom. The van der Waals surface area contributed by atoms with Gasteiger partial charge in [-0.3, -0.25) is 4.79 Å². The quantitative estimate of drug-likeness (QED) is 0.585. The Morgan fingerprint density at radius 3 is 2.77 bits per heavy atom. The molecule has 0 saturated carbocycles. The van der Waals surface area contributed by atoms with Crippen molar-refractivity contribution in [1.29, 1.82) is 0 Å². The van der Waals surface area contributed by atoms with Crippen molar-refractivity contribution in [3.63, 3.8) is 0 Å². The van der Waals surface area contributed by atoms with Crippen LogP contribution in [-0.4, -0.2) is 75.0 Å². The maximum Gasteiger partial charge on any atom is 0.217 e. The van der Waals surface area contributed by atoms with Crippen LogP contribution in [0.15, 0.2) is 30.5 Å². The highest BCUT2D eigenvalue weighted by atomic mass is 16.7. The van der Waals surface area contributed by atoms with E-state index in [1.54, 1.807) is 13.3 Å². The fourth-order valence-electron chi connectivity index (χ4n) is 3.34. The molecule has 3 N–H and O–H groups in total. The van der Waals surface area contributed by atoms with Gasteiger partial charge in [0.05, 0.1) is 26.0 Å². The summed E-state index contributed by atoms with van der Waals surface area (Å²) in [6.07, 6.45) is -2.74. The summed E-state index contributed by atoms with van der Waals surface area (Å²) >= 11 is 0. The summed E-state index contributed by atoms with van der Waals surface area (Å²) in [4.78, 5) is 11.5. The molecule has 2 aromatic rings. The van der Waals surface area contributed by atoms with E-state index >= 15 is 0 Å². The van der Waals surface area contributed by atoms with Crippen molar-refractivity contribution < 1.29 is 29.2 Å². The number of aliphatic hydroxyl groups is 2. The van der Waals surface area contributed by atoms with E-state index in [1.807, 2.05) is 38.1 Å². The first-order chi connectivity index (χ1) is 14.3. The molecular weight excluding hydrogens is 392 g/mol. The molecule has 30 heavy (non-hydrogen) atoms. The van der Waals surface area contributed by atoms with E-state index in [2.05, 4.69) is 15.6 Å². The number of nitrogens with one attached hydrogen (secondary N) is 1. The number of methoxy groups -OCH3 is 1. The van der Waals surface area contributed by atoms with Crippen molar-refractivity contribution in [2.24, 2.45) is 0 Å². The summed E-state index contributed by atoms with van der Waals surface area (Å²) in [6.45, 7) is 5.10. The molecular formula is C20H28N4O6. The van der Waals surface area contributed by atoms with Gasteiger partial charge >= 0.3 is 0 Å². The molecule has 2 heterocycles. The summed E-state index contributed by atoms with van der Waals surface area (Å²) in [5, 5.41) is 32.0. The number of carbonyl (C=O) groups is 1. The number of nitrogens with zero attached hydrogens (tertiary/aromatic N) is 3. The molecule has 1 aromatic heterocycles. The Labute approximate surface area is 174 Å². The second-order valence-corrected chi connectivity index (χ2v) is 7.49. The summed E-state index contributed by atoms with van der Waals surface area (Å²) < 4.78 is 18.4. The van der Waals surface area contributed by atoms with Crippen molar-refractivity contribution >= 4 is 5.91 Å². The predicted octanol–water partition coefficient (Wildman–Crippen LogP) is 0.330. The highest BCUT2D eigenvalue weighted by Gasteiger charge is 2.46. The minimum absolute atomic E-state index is 0.139. The molecule has 1 fully saturated rings. The minimum atomic E-state index is -1.27. The Hall–Kier alpha value is -2.53. The standard InChI is InChI=1S/C20H28N4O6/c1-11(2)29-20-17(21-12(3)25)19(27)18(26)16(30-20)10-24-9-15(22-23-24)13-6-5-7-14(8-13)28-4/h5-9,11,16-20,26-27H,10H2,1-4H3,(H,21,25)/t16-,17-,18+,19-,20?/m1/s1. The zero-order valence-electron chi connectivity index (χ0n) is 17.4. The number of hydrogen-bond donors (Lipinski definition) is 3. The second kappa shape index (κ2) is 9.52. The fourth-order valence-corrected chi connectivity index (χ4v) is 3.34. The normalized spacial score (nSPS) is 26.6. The number of ether oxygens (including phenoxy) is 3. The molecule has 0 spiro atoms. The maximum absolute atomic E-state index is 11.5. The van der Waals surface area contributed by atoms with E-state index in [9.17, 15) is 15.0 Å². The number of rotatable bonds is 7. The third kappa shape index (κ3) is 5.14. The summed E-state index contributed by atoms with van der Waals surface area (Å²) in [5.74, 6) is 0.346. The monoisotopic (exact) mass is 420 g/mol. The number of benzene rings is 1. The first-order valence-corrected chi connectivity index (χ1v) is 9.77. The molecule has 1 amide bonds. The van der Waals surface area contributed by atoms with Crippen molar-refractivity contribution in [1.82, 2.24) is 20.3 Å². The Bertz CT molecular complexity index is 857. The first kappa shape index (κ1) is 22.2. The minimum Gasteiger partial charge on any atom is -0.497 e. The molecule has 10 nitrogen and oxygen atoms in total. The van der Waals surface area contributed by atoms with Gasteiger partial charge in [0.1, 0.15) is 35.8 Å². The third-order valence-electron chi connectivity index (χ3n) is 4.75. The van der Waals surface area contributed by atoms with Crippen LogP contribution < -0.4 is 10.1 Å². The van der Waals surface area contributed by atoms with Gasteiger partial charge < -0.3 is 29.7 Å². The van der Waals surface area contributed by atoms with E-state index in [0.29, 0.717) is 11.4 Å². The predicted molar refractivity (Wildman–Crippen MR) is 107 cm³/mol. The second-order valence-electron chi connectivity index (χ2n) is 7.49. The topological polar surface area (TPSA) is 128 Å². The van der Waals surface area contributed by atoms with Crippen LogP contribution in [0.3, 0.4) is 0 Å². The molecule has 164 valence electrons. The lowest BCUT2D eigenvalue weighted by atomic mass is 9.96. The lowest BCUT2D eigenvalue weighted by Crippen LogP contribution is -2.64. The van der Waals surface area contributed by atoms with Crippen molar-refractivity contribution in [2.45, 2.75) is 64.1 Å². The fraction of sp³-hybridized carbons (Fsp3) is 0.550. The number of amides is 1. The number of aliphatic hydroxyl groups excluding tert-OH is 2. The van der Waals surface area contributed by atoms with Crippen LogP contribution in [-0.2, 0) is 20.8 Å². The molecule has 1 aliphatic rings. The van der Waals surface area contributed by atoms with Gasteiger partial charge in [-0.2, -0.15) is 0 Å². The SMILES string of the molecule is COc1cccc(-c2cn(C[C@H]3OC(OC(C)C)[C@H](NC(C)=O)[C@@H](O)[C@H]3O)nn2)c1. The zero-order valence-corrected chi connectivity index (χ0v) is 17.4. The van der Waals surface area contributed by atoms with Gasteiger partial charge in [-0.1, -0.05) is 17.3 Å². The average molecular weight is 420 g/mol. The molecule has 1 aliphatic heterocycles. The van der Waals surface area contributed by atoms with Crippen LogP contribution >= 0.6 is 0 Å². The number of aromatic nitrogens is 3. The van der Waals surface area contributed by atoms with Crippen molar-refractivity contribution in [2.75, 3.05) is 7.11 Å². The van der Waals surface area contributed by atoms with E-state index in [1.165, 1.54) is 11.6 Å². The van der Waals surface area contributed by atoms with Crippen LogP contribution in [0, 0.1) is 0 Å². The lowest BCUT2D eigenvalue weighted by Gasteiger charge is -2.43. The Morgan fingerprint density at radius 1 is 1.33 bits per heavy atom. The summed E-state index contributed by atoms with van der Waals surface area (Å²) in [5.41, 5.74) is 1.46. The lowest BCUT2D eigenvalue weighted by molar-refractivity contribution is -0.276. The molecule has 1 unspecified atom stereocenters. The van der Waals surface area contributed by atoms with Gasteiger partial charge in [0.25, 0.3) is 0 Å². The van der Waals surface area contributed by atoms with Crippen LogP contribution in [0.5, 0.6) is 5.75 Å². The van der Waals surface area contributed by atoms with Crippen LogP contribution in [0.25, 0.3) is 11.3 Å². The van der Waals surface area contributed by atoms with E-state index in [-0.39, 0.29) is 18.6 Å². The largest absolute Gasteiger partial charge is 0.497 e. The molecule has 0 aliphatic carbocycles. The van der Waals surface area contributed by atoms with Crippen molar-refractivity contribution in [3.8, 4) is 17.0 Å². The Kier molecular flexibility index (Phi) is 7.03. The van der Waals surface area contributed by atoms with Gasteiger partial charge in [-0.25, -0.2) is 4.68 Å². The van der Waals surface area contributed by atoms with Crippen LogP contribution in [0.2, 0.25) is 0 Å². The maximum atomic E-state index is 11.5. The van der Waals surface area contributed by atoms with Gasteiger partial charge in [0.2, 0.25) is 5.91 Å². The number of carbonyl (C=O) groups excluding carboxylic acids is 1. The van der Waals surface area contributed by atoms with Crippen LogP contribution in [0.1, 0.15) is 20.8 Å². The van der Waals surface area contributed by atoms with Gasteiger partial charge in [-0.05, 0) is 26.0 Å². The summed E-state index contributed by atoms with van der Waals surface area (Å²) in [7, 11) is 1.59. The summed E-state index contributed by atoms with van der Waals surface area (Å²) in [6, 6.07) is 6.53. The molecule has 0 bridgehead atoms. The van der Waals surface area contributed by atoms with E-state index < -0.39 is 30.6 Å². The molecule has 1 saturated heterocycles. The Balaban J connectivity index is 1.75. The van der Waals surface area contributed by atoms with Crippen LogP contribution in [0.4, 0.5) is 0 Å². The molecule has 0 radical (unpaired) electrons. The van der Waals surface area contributed by atoms with Crippen molar-refractivity contribution in [3.05, 3.63) is 30.5 Å². The zero-order chi connectivity index (χ0) is 21.8.